The summed E-state index contributed by atoms with van der Waals surface area (Å²) in [7, 11) is 1.36. The number of hydrogen-bond donors (Lipinski definition) is 0. The van der Waals surface area contributed by atoms with Crippen LogP contribution in [0, 0.1) is 0 Å². The SMILES string of the molecule is CC(=O)[SiH2]. The smallest absolute Gasteiger partial charge is 0.0984 e. The molecule has 4 heavy (non-hydrogen) atoms. The van der Waals surface area contributed by atoms with E-state index >= 15 is 0 Å². The number of carbonyl (C=O) groups excluding carboxylic acids is 1. The summed E-state index contributed by atoms with van der Waals surface area (Å²) >= 11 is 0. The van der Waals surface area contributed by atoms with Gasteiger partial charge in [-0.1, -0.05) is 0 Å². The third-order valence-electron chi connectivity index (χ3n) is 0. The summed E-state index contributed by atoms with van der Waals surface area (Å²) in [6.07, 6.45) is 0. The largest absolute Gasteiger partial charge is 0.307 e. The third-order valence-corrected chi connectivity index (χ3v) is 0. The van der Waals surface area contributed by atoms with Crippen LogP contribution >= 0.6 is 0 Å². The molecule has 0 saturated heterocycles. The summed E-state index contributed by atoms with van der Waals surface area (Å²) in [6, 6.07) is 0. The lowest BCUT2D eigenvalue weighted by molar-refractivity contribution is -0.109. The summed E-state index contributed by atoms with van der Waals surface area (Å²) < 4.78 is 0. The minimum atomic E-state index is 0.194. The van der Waals surface area contributed by atoms with Crippen molar-refractivity contribution >= 4 is 15.6 Å². The van der Waals surface area contributed by atoms with E-state index in [0.717, 1.165) is 0 Å². The molecule has 0 spiro atoms. The van der Waals surface area contributed by atoms with Gasteiger partial charge in [-0.2, -0.15) is 0 Å². The van der Waals surface area contributed by atoms with E-state index in [4.69, 9.17) is 0 Å². The van der Waals surface area contributed by atoms with Crippen molar-refractivity contribution in [1.29, 1.82) is 0 Å². The van der Waals surface area contributed by atoms with Gasteiger partial charge in [-0.25, -0.2) is 0 Å². The molecule has 0 aliphatic heterocycles. The van der Waals surface area contributed by atoms with Crippen LogP contribution in [0.5, 0.6) is 0 Å². The summed E-state index contributed by atoms with van der Waals surface area (Å²) in [5.74, 6) is 0. The van der Waals surface area contributed by atoms with Crippen molar-refractivity contribution in [2.75, 3.05) is 0 Å². The molecule has 0 fully saturated rings. The highest BCUT2D eigenvalue weighted by Gasteiger charge is 1.62. The van der Waals surface area contributed by atoms with Gasteiger partial charge in [0.05, 0.1) is 15.6 Å². The van der Waals surface area contributed by atoms with E-state index in [1.807, 2.05) is 0 Å². The summed E-state index contributed by atoms with van der Waals surface area (Å²) in [4.78, 5) is 9.46. The van der Waals surface area contributed by atoms with Gasteiger partial charge in [0, 0.05) is 0 Å². The Bertz CT molecular complexity index is 29.0. The lowest BCUT2D eigenvalue weighted by Gasteiger charge is -1.55. The lowest BCUT2D eigenvalue weighted by Crippen LogP contribution is -1.80. The van der Waals surface area contributed by atoms with Gasteiger partial charge >= 0.3 is 0 Å². The molecular formula is C2H5OSi. The van der Waals surface area contributed by atoms with Gasteiger partial charge in [-0.3, -0.25) is 0 Å². The molecule has 0 aromatic rings. The molecule has 0 saturated carbocycles. The Morgan fingerprint density at radius 3 is 2.00 bits per heavy atom. The van der Waals surface area contributed by atoms with E-state index in [-0.39, 0.29) is 5.41 Å². The molecule has 0 aliphatic carbocycles. The van der Waals surface area contributed by atoms with E-state index in [0.29, 0.717) is 0 Å². The first-order valence-electron chi connectivity index (χ1n) is 1.06. The van der Waals surface area contributed by atoms with Crippen molar-refractivity contribution < 1.29 is 4.79 Å². The number of rotatable bonds is 0. The first-order valence-corrected chi connectivity index (χ1v) is 1.76. The maximum Gasteiger partial charge on any atom is 0.0984 e. The van der Waals surface area contributed by atoms with Crippen molar-refractivity contribution in [3.63, 3.8) is 0 Å². The molecular weight excluding hydrogens is 68.1 g/mol. The second-order valence-corrected chi connectivity index (χ2v) is 1.70. The molecule has 2 heteroatoms. The fourth-order valence-electron chi connectivity index (χ4n) is 0. The highest BCUT2D eigenvalue weighted by Crippen LogP contribution is 1.40. The van der Waals surface area contributed by atoms with Gasteiger partial charge in [-0.05, 0) is 6.92 Å². The van der Waals surface area contributed by atoms with E-state index in [1.165, 1.54) is 10.2 Å². The van der Waals surface area contributed by atoms with Gasteiger partial charge in [-0.15, -0.1) is 0 Å². The minimum Gasteiger partial charge on any atom is -0.307 e. The Labute approximate surface area is 28.4 Å². The standard InChI is InChI=1S/C2H5OSi/c1-2(3)4/h4H2,1H3. The molecule has 0 aromatic carbocycles. The van der Waals surface area contributed by atoms with Crippen LogP contribution in [0.4, 0.5) is 0 Å². The average molecular weight is 73.1 g/mol. The number of carbonyl (C=O) groups is 1. The normalized spacial score (nSPS) is 6.50. The molecule has 23 valence electrons. The molecule has 0 amide bonds. The van der Waals surface area contributed by atoms with Crippen LogP contribution in [-0.2, 0) is 4.79 Å². The first-order chi connectivity index (χ1) is 1.73. The van der Waals surface area contributed by atoms with Gasteiger partial charge in [0.25, 0.3) is 0 Å². The maximum atomic E-state index is 9.46. The third kappa shape index (κ3) is 116. The van der Waals surface area contributed by atoms with Crippen LogP contribution in [0.2, 0.25) is 0 Å². The first kappa shape index (κ1) is 3.89. The zero-order valence-electron chi connectivity index (χ0n) is 2.62. The van der Waals surface area contributed by atoms with Gasteiger partial charge in [0.15, 0.2) is 0 Å². The lowest BCUT2D eigenvalue weighted by atomic mass is 10.9. The molecule has 0 unspecified atom stereocenters. The van der Waals surface area contributed by atoms with Crippen molar-refractivity contribution in [1.82, 2.24) is 0 Å². The molecule has 1 nitrogen and oxygen atoms in total. The summed E-state index contributed by atoms with van der Waals surface area (Å²) in [6.45, 7) is 1.54. The molecule has 0 rings (SSSR count). The van der Waals surface area contributed by atoms with E-state index in [2.05, 4.69) is 0 Å². The molecule has 0 N–H and O–H groups in total. The van der Waals surface area contributed by atoms with Crippen LogP contribution in [-0.4, -0.2) is 15.6 Å². The molecule has 0 bridgehead atoms. The monoisotopic (exact) mass is 73.0 g/mol. The van der Waals surface area contributed by atoms with E-state index in [9.17, 15) is 4.79 Å². The van der Waals surface area contributed by atoms with Gasteiger partial charge < -0.3 is 4.79 Å². The fourth-order valence-corrected chi connectivity index (χ4v) is 0. The average Bonchev–Trinajstić information content (AvgIpc) is 0.811. The topological polar surface area (TPSA) is 17.1 Å². The van der Waals surface area contributed by atoms with Crippen molar-refractivity contribution in [3.05, 3.63) is 0 Å². The molecule has 0 heterocycles. The second kappa shape index (κ2) is 1.23. The predicted octanol–water partition coefficient (Wildman–Crippen LogP) is -0.834. The Morgan fingerprint density at radius 1 is 2.00 bits per heavy atom. The van der Waals surface area contributed by atoms with Crippen molar-refractivity contribution in [2.24, 2.45) is 0 Å². The maximum absolute atomic E-state index is 9.46. The Hall–Kier alpha value is -0.113. The highest BCUT2D eigenvalue weighted by atomic mass is 28.1. The minimum absolute atomic E-state index is 0.194. The Balaban J connectivity index is 2.80. The van der Waals surface area contributed by atoms with Crippen LogP contribution in [0.15, 0.2) is 0 Å². The molecule has 0 atom stereocenters. The van der Waals surface area contributed by atoms with Crippen molar-refractivity contribution in [2.45, 2.75) is 6.92 Å². The second-order valence-electron chi connectivity index (χ2n) is 0.702. The number of hydrogen-bond acceptors (Lipinski definition) is 1. The zero-order chi connectivity index (χ0) is 3.58. The Kier molecular flexibility index (Phi) is 1.20. The van der Waals surface area contributed by atoms with Crippen LogP contribution in [0.3, 0.4) is 0 Å². The quantitative estimate of drug-likeness (QED) is 0.342. The van der Waals surface area contributed by atoms with Crippen LogP contribution < -0.4 is 0 Å². The highest BCUT2D eigenvalue weighted by molar-refractivity contribution is 6.56. The van der Waals surface area contributed by atoms with Crippen LogP contribution in [0.25, 0.3) is 0 Å². The molecule has 0 aromatic heterocycles. The fraction of sp³-hybridized carbons (Fsp3) is 0.500. The van der Waals surface area contributed by atoms with Gasteiger partial charge in [0.1, 0.15) is 0 Å². The Morgan fingerprint density at radius 2 is 2.00 bits per heavy atom. The molecule has 1 radical (unpaired) electrons. The van der Waals surface area contributed by atoms with E-state index < -0.39 is 0 Å². The predicted molar refractivity (Wildman–Crippen MR) is 19.2 cm³/mol. The zero-order valence-corrected chi connectivity index (χ0v) is 4.03. The van der Waals surface area contributed by atoms with Crippen molar-refractivity contribution in [3.8, 4) is 0 Å². The van der Waals surface area contributed by atoms with Gasteiger partial charge in [0.2, 0.25) is 0 Å². The van der Waals surface area contributed by atoms with E-state index in [1.54, 1.807) is 6.92 Å². The molecule has 0 aliphatic rings. The van der Waals surface area contributed by atoms with Crippen LogP contribution in [0.1, 0.15) is 6.92 Å². The summed E-state index contributed by atoms with van der Waals surface area (Å²) in [5, 5.41) is 0.194. The summed E-state index contributed by atoms with van der Waals surface area (Å²) in [5.41, 5.74) is 0.